The molecule has 0 spiro atoms. The summed E-state index contributed by atoms with van der Waals surface area (Å²) in [4.78, 5) is 24.7. The molecule has 4 heterocycles. The molecule has 1 aliphatic rings. The molecule has 1 aliphatic heterocycles. The first kappa shape index (κ1) is 20.6. The molecule has 4 aromatic rings. The quantitative estimate of drug-likeness (QED) is 0.472. The highest BCUT2D eigenvalue weighted by Crippen LogP contribution is 2.34. The largest absolute Gasteiger partial charge is 0.356 e. The molecule has 5 rings (SSSR count). The molecule has 0 radical (unpaired) electrons. The fraction of sp³-hybridized carbons (Fsp3) is 0.304. The number of hydrogen-bond acceptors (Lipinski definition) is 5. The normalized spacial score (nSPS) is 16.3. The van der Waals surface area contributed by atoms with Crippen LogP contribution in [0.25, 0.3) is 22.2 Å². The maximum absolute atomic E-state index is 14.9. The first-order valence-electron chi connectivity index (χ1n) is 10.4. The number of fused-ring (bicyclic) bond motifs is 1. The molecule has 1 fully saturated rings. The number of halogens is 2. The molecule has 1 saturated heterocycles. The van der Waals surface area contributed by atoms with Crippen molar-refractivity contribution in [2.24, 2.45) is 14.1 Å². The molecular weight excluding hydrogens is 431 g/mol. The SMILES string of the molecule is Cc1nc2cc(N3CC[C@@H](c4cnn(C)c4)C3)nc(-c3ccc(Cl)cc3F)c2c(=O)n1C. The third-order valence-electron chi connectivity index (χ3n) is 6.17. The van der Waals surface area contributed by atoms with E-state index in [0.29, 0.717) is 28.5 Å². The lowest BCUT2D eigenvalue weighted by Crippen LogP contribution is -2.24. The van der Waals surface area contributed by atoms with Crippen molar-refractivity contribution in [1.82, 2.24) is 24.3 Å². The van der Waals surface area contributed by atoms with E-state index < -0.39 is 5.82 Å². The van der Waals surface area contributed by atoms with Gasteiger partial charge in [-0.2, -0.15) is 5.10 Å². The van der Waals surface area contributed by atoms with Crippen molar-refractivity contribution in [3.63, 3.8) is 0 Å². The molecule has 7 nitrogen and oxygen atoms in total. The molecule has 0 amide bonds. The predicted molar refractivity (Wildman–Crippen MR) is 123 cm³/mol. The van der Waals surface area contributed by atoms with Crippen LogP contribution in [-0.2, 0) is 14.1 Å². The smallest absolute Gasteiger partial charge is 0.263 e. The first-order valence-corrected chi connectivity index (χ1v) is 10.8. The minimum atomic E-state index is -0.527. The van der Waals surface area contributed by atoms with Gasteiger partial charge in [-0.1, -0.05) is 11.6 Å². The van der Waals surface area contributed by atoms with Crippen LogP contribution in [0.2, 0.25) is 5.02 Å². The summed E-state index contributed by atoms with van der Waals surface area (Å²) in [5.41, 5.74) is 1.94. The topological polar surface area (TPSA) is 68.8 Å². The average molecular weight is 453 g/mol. The zero-order chi connectivity index (χ0) is 22.6. The van der Waals surface area contributed by atoms with Gasteiger partial charge in [-0.15, -0.1) is 0 Å². The van der Waals surface area contributed by atoms with E-state index >= 15 is 0 Å². The van der Waals surface area contributed by atoms with E-state index in [1.807, 2.05) is 25.5 Å². The van der Waals surface area contributed by atoms with Gasteiger partial charge in [0, 0.05) is 56.0 Å². The molecule has 3 aromatic heterocycles. The monoisotopic (exact) mass is 452 g/mol. The van der Waals surface area contributed by atoms with Gasteiger partial charge in [0.2, 0.25) is 0 Å². The van der Waals surface area contributed by atoms with Crippen LogP contribution in [0.1, 0.15) is 23.7 Å². The van der Waals surface area contributed by atoms with Gasteiger partial charge in [0.25, 0.3) is 5.56 Å². The lowest BCUT2D eigenvalue weighted by atomic mass is 10.0. The highest BCUT2D eigenvalue weighted by atomic mass is 35.5. The van der Waals surface area contributed by atoms with Gasteiger partial charge in [0.05, 0.1) is 22.8 Å². The highest BCUT2D eigenvalue weighted by Gasteiger charge is 2.27. The van der Waals surface area contributed by atoms with E-state index in [9.17, 15) is 9.18 Å². The Morgan fingerprint density at radius 1 is 1.19 bits per heavy atom. The Bertz CT molecular complexity index is 1410. The molecule has 0 N–H and O–H groups in total. The third kappa shape index (κ3) is 3.44. The van der Waals surface area contributed by atoms with Crippen molar-refractivity contribution in [1.29, 1.82) is 0 Å². The van der Waals surface area contributed by atoms with E-state index in [-0.39, 0.29) is 21.8 Å². The number of hydrogen-bond donors (Lipinski definition) is 0. The summed E-state index contributed by atoms with van der Waals surface area (Å²) in [5, 5.41) is 4.86. The number of benzene rings is 1. The summed E-state index contributed by atoms with van der Waals surface area (Å²) in [5.74, 6) is 1.06. The van der Waals surface area contributed by atoms with Gasteiger partial charge in [0.1, 0.15) is 17.5 Å². The molecule has 1 atom stereocenters. The first-order chi connectivity index (χ1) is 15.3. The molecular formula is C23H22ClFN6O. The summed E-state index contributed by atoms with van der Waals surface area (Å²) in [6, 6.07) is 6.22. The summed E-state index contributed by atoms with van der Waals surface area (Å²) in [6.07, 6.45) is 4.88. The van der Waals surface area contributed by atoms with Crippen LogP contribution in [0.5, 0.6) is 0 Å². The molecule has 9 heteroatoms. The van der Waals surface area contributed by atoms with Gasteiger partial charge in [-0.3, -0.25) is 14.0 Å². The second kappa shape index (κ2) is 7.70. The van der Waals surface area contributed by atoms with Crippen LogP contribution in [0.3, 0.4) is 0 Å². The Morgan fingerprint density at radius 3 is 2.72 bits per heavy atom. The van der Waals surface area contributed by atoms with Crippen molar-refractivity contribution in [3.8, 4) is 11.3 Å². The molecule has 0 saturated carbocycles. The Morgan fingerprint density at radius 2 is 2.00 bits per heavy atom. The van der Waals surface area contributed by atoms with Crippen molar-refractivity contribution < 1.29 is 4.39 Å². The van der Waals surface area contributed by atoms with E-state index in [0.717, 1.165) is 19.5 Å². The standard InChI is InChI=1S/C23H22ClFN6O/c1-13-27-19-9-20(31-7-6-14(12-31)15-10-26-29(2)11-15)28-22(21(19)23(32)30(13)3)17-5-4-16(24)8-18(17)25/h4-5,8-11,14H,6-7,12H2,1-3H3/t14-/m1/s1. The number of aryl methyl sites for hydroxylation is 2. The van der Waals surface area contributed by atoms with Crippen LogP contribution in [0.15, 0.2) is 41.5 Å². The summed E-state index contributed by atoms with van der Waals surface area (Å²) in [6.45, 7) is 3.33. The van der Waals surface area contributed by atoms with E-state index in [2.05, 4.69) is 15.0 Å². The maximum atomic E-state index is 14.9. The number of anilines is 1. The molecule has 0 unspecified atom stereocenters. The molecule has 1 aromatic carbocycles. The second-order valence-electron chi connectivity index (χ2n) is 8.25. The Hall–Kier alpha value is -3.26. The van der Waals surface area contributed by atoms with Crippen molar-refractivity contribution in [2.45, 2.75) is 19.3 Å². The van der Waals surface area contributed by atoms with E-state index in [4.69, 9.17) is 16.6 Å². The lowest BCUT2D eigenvalue weighted by molar-refractivity contribution is 0.631. The Balaban J connectivity index is 1.66. The van der Waals surface area contributed by atoms with Crippen molar-refractivity contribution in [2.75, 3.05) is 18.0 Å². The Labute approximate surface area is 189 Å². The highest BCUT2D eigenvalue weighted by molar-refractivity contribution is 6.30. The van der Waals surface area contributed by atoms with Gasteiger partial charge >= 0.3 is 0 Å². The Kier molecular flexibility index (Phi) is 4.97. The molecule has 0 bridgehead atoms. The number of pyridine rings is 1. The molecule has 0 aliphatic carbocycles. The summed E-state index contributed by atoms with van der Waals surface area (Å²) < 4.78 is 18.1. The van der Waals surface area contributed by atoms with Gasteiger partial charge < -0.3 is 4.90 Å². The third-order valence-corrected chi connectivity index (χ3v) is 6.40. The van der Waals surface area contributed by atoms with Gasteiger partial charge in [-0.25, -0.2) is 14.4 Å². The summed E-state index contributed by atoms with van der Waals surface area (Å²) in [7, 11) is 3.56. The molecule has 164 valence electrons. The van der Waals surface area contributed by atoms with Crippen molar-refractivity contribution >= 4 is 28.3 Å². The van der Waals surface area contributed by atoms with Crippen LogP contribution < -0.4 is 10.5 Å². The fourth-order valence-electron chi connectivity index (χ4n) is 4.31. The molecule has 32 heavy (non-hydrogen) atoms. The predicted octanol–water partition coefficient (Wildman–Crippen LogP) is 3.82. The minimum Gasteiger partial charge on any atom is -0.356 e. The maximum Gasteiger partial charge on any atom is 0.263 e. The fourth-order valence-corrected chi connectivity index (χ4v) is 4.47. The van der Waals surface area contributed by atoms with Crippen LogP contribution in [-0.4, -0.2) is 37.4 Å². The second-order valence-corrected chi connectivity index (χ2v) is 8.69. The van der Waals surface area contributed by atoms with Gasteiger partial charge in [0.15, 0.2) is 0 Å². The lowest BCUT2D eigenvalue weighted by Gasteiger charge is -2.20. The van der Waals surface area contributed by atoms with E-state index in [1.165, 1.54) is 16.2 Å². The van der Waals surface area contributed by atoms with Crippen LogP contribution in [0, 0.1) is 12.7 Å². The number of aromatic nitrogens is 5. The van der Waals surface area contributed by atoms with Crippen LogP contribution in [0.4, 0.5) is 10.2 Å². The van der Waals surface area contributed by atoms with Crippen molar-refractivity contribution in [3.05, 3.63) is 69.2 Å². The zero-order valence-electron chi connectivity index (χ0n) is 18.0. The number of nitrogens with zero attached hydrogens (tertiary/aromatic N) is 6. The minimum absolute atomic E-state index is 0.229. The zero-order valence-corrected chi connectivity index (χ0v) is 18.8. The summed E-state index contributed by atoms with van der Waals surface area (Å²) >= 11 is 5.96. The van der Waals surface area contributed by atoms with E-state index in [1.54, 1.807) is 30.8 Å². The average Bonchev–Trinajstić information content (AvgIpc) is 3.40. The van der Waals surface area contributed by atoms with Crippen LogP contribution >= 0.6 is 11.6 Å². The van der Waals surface area contributed by atoms with Gasteiger partial charge in [-0.05, 0) is 37.1 Å². The number of rotatable bonds is 3.